The van der Waals surface area contributed by atoms with Gasteiger partial charge >= 0.3 is 0 Å². The molecule has 0 spiro atoms. The van der Waals surface area contributed by atoms with Crippen LogP contribution in [0.5, 0.6) is 0 Å². The maximum Gasteiger partial charge on any atom is 0.220 e. The number of amides is 1. The Morgan fingerprint density at radius 2 is 1.95 bits per heavy atom. The molecular weight excluding hydrogens is 236 g/mol. The van der Waals surface area contributed by atoms with Gasteiger partial charge in [-0.2, -0.15) is 0 Å². The van der Waals surface area contributed by atoms with Gasteiger partial charge in [0.05, 0.1) is 0 Å². The Labute approximate surface area is 117 Å². The Morgan fingerprint density at radius 3 is 2.63 bits per heavy atom. The van der Waals surface area contributed by atoms with E-state index in [2.05, 4.69) is 24.5 Å². The number of carbonyl (C=O) groups is 1. The fraction of sp³-hybridized carbons (Fsp3) is 0.938. The number of carbonyl (C=O) groups excluding carboxylic acids is 1. The van der Waals surface area contributed by atoms with E-state index in [1.54, 1.807) is 0 Å². The Kier molecular flexibility index (Phi) is 5.26. The first-order chi connectivity index (χ1) is 9.08. The van der Waals surface area contributed by atoms with Crippen molar-refractivity contribution in [2.75, 3.05) is 13.1 Å². The van der Waals surface area contributed by atoms with Gasteiger partial charge in [0.1, 0.15) is 0 Å². The minimum Gasteiger partial charge on any atom is -0.355 e. The molecule has 0 aromatic carbocycles. The fourth-order valence-electron chi connectivity index (χ4n) is 3.56. The van der Waals surface area contributed by atoms with Crippen molar-refractivity contribution in [3.05, 3.63) is 0 Å². The van der Waals surface area contributed by atoms with E-state index in [1.165, 1.54) is 44.9 Å². The second-order valence-electron chi connectivity index (χ2n) is 7.11. The predicted octanol–water partition coefficient (Wildman–Crippen LogP) is 2.85. The second kappa shape index (κ2) is 6.74. The molecule has 1 saturated carbocycles. The normalized spacial score (nSPS) is 28.0. The predicted molar refractivity (Wildman–Crippen MR) is 79.0 cm³/mol. The van der Waals surface area contributed by atoms with Crippen LogP contribution in [-0.2, 0) is 4.79 Å². The van der Waals surface area contributed by atoms with E-state index >= 15 is 0 Å². The van der Waals surface area contributed by atoms with E-state index < -0.39 is 0 Å². The van der Waals surface area contributed by atoms with Crippen molar-refractivity contribution in [2.24, 2.45) is 11.3 Å². The molecule has 1 heterocycles. The molecule has 0 radical (unpaired) electrons. The zero-order valence-electron chi connectivity index (χ0n) is 12.6. The summed E-state index contributed by atoms with van der Waals surface area (Å²) in [7, 11) is 0. The lowest BCUT2D eigenvalue weighted by Gasteiger charge is -2.39. The second-order valence-corrected chi connectivity index (χ2v) is 7.11. The van der Waals surface area contributed by atoms with Crippen LogP contribution in [0.2, 0.25) is 0 Å². The molecule has 1 saturated heterocycles. The molecule has 0 aromatic heterocycles. The van der Waals surface area contributed by atoms with E-state index in [1.807, 2.05) is 0 Å². The number of rotatable bonds is 4. The lowest BCUT2D eigenvalue weighted by atomic mass is 9.77. The molecular formula is C16H30N2O. The zero-order valence-corrected chi connectivity index (χ0v) is 12.6. The monoisotopic (exact) mass is 266 g/mol. The van der Waals surface area contributed by atoms with Crippen molar-refractivity contribution in [1.82, 2.24) is 10.6 Å². The molecule has 0 bridgehead atoms. The Balaban J connectivity index is 1.70. The summed E-state index contributed by atoms with van der Waals surface area (Å²) in [4.78, 5) is 12.0. The Bertz CT molecular complexity index is 295. The van der Waals surface area contributed by atoms with E-state index in [0.29, 0.717) is 17.4 Å². The standard InChI is InChI=1S/C16H30N2O/c1-16(2)9-6-10-17-14(16)12-18-15(19)11-13-7-4-3-5-8-13/h13-14,17H,3-12H2,1-2H3,(H,18,19). The molecule has 110 valence electrons. The number of hydrogen-bond donors (Lipinski definition) is 2. The molecule has 2 fully saturated rings. The zero-order chi connectivity index (χ0) is 13.7. The van der Waals surface area contributed by atoms with Gasteiger partial charge in [0.15, 0.2) is 0 Å². The topological polar surface area (TPSA) is 41.1 Å². The fourth-order valence-corrected chi connectivity index (χ4v) is 3.56. The van der Waals surface area contributed by atoms with Gasteiger partial charge < -0.3 is 10.6 Å². The van der Waals surface area contributed by atoms with Gasteiger partial charge in [-0.05, 0) is 43.6 Å². The van der Waals surface area contributed by atoms with Crippen LogP contribution in [-0.4, -0.2) is 25.0 Å². The molecule has 2 N–H and O–H groups in total. The van der Waals surface area contributed by atoms with Gasteiger partial charge in [-0.15, -0.1) is 0 Å². The molecule has 3 heteroatoms. The average molecular weight is 266 g/mol. The third-order valence-corrected chi connectivity index (χ3v) is 5.03. The summed E-state index contributed by atoms with van der Waals surface area (Å²) in [5, 5.41) is 6.71. The molecule has 3 nitrogen and oxygen atoms in total. The SMILES string of the molecule is CC1(C)CCCNC1CNC(=O)CC1CCCCC1. The first-order valence-corrected chi connectivity index (χ1v) is 8.08. The molecule has 1 aliphatic carbocycles. The van der Waals surface area contributed by atoms with Crippen LogP contribution in [0.15, 0.2) is 0 Å². The maximum atomic E-state index is 12.0. The first-order valence-electron chi connectivity index (χ1n) is 8.08. The highest BCUT2D eigenvalue weighted by molar-refractivity contribution is 5.76. The highest BCUT2D eigenvalue weighted by atomic mass is 16.1. The van der Waals surface area contributed by atoms with Crippen molar-refractivity contribution in [2.45, 2.75) is 71.3 Å². The molecule has 2 rings (SSSR count). The van der Waals surface area contributed by atoms with Crippen molar-refractivity contribution < 1.29 is 4.79 Å². The van der Waals surface area contributed by atoms with E-state index in [9.17, 15) is 4.79 Å². The maximum absolute atomic E-state index is 12.0. The van der Waals surface area contributed by atoms with Crippen LogP contribution < -0.4 is 10.6 Å². The highest BCUT2D eigenvalue weighted by Gasteiger charge is 2.32. The molecule has 19 heavy (non-hydrogen) atoms. The molecule has 1 aliphatic heterocycles. The lowest BCUT2D eigenvalue weighted by Crippen LogP contribution is -2.52. The van der Waals surface area contributed by atoms with E-state index in [-0.39, 0.29) is 5.91 Å². The molecule has 0 aromatic rings. The molecule has 1 atom stereocenters. The number of piperidine rings is 1. The Morgan fingerprint density at radius 1 is 1.21 bits per heavy atom. The molecule has 1 amide bonds. The lowest BCUT2D eigenvalue weighted by molar-refractivity contribution is -0.122. The molecule has 2 aliphatic rings. The van der Waals surface area contributed by atoms with Crippen molar-refractivity contribution in [3.63, 3.8) is 0 Å². The summed E-state index contributed by atoms with van der Waals surface area (Å²) in [6, 6.07) is 0.427. The smallest absolute Gasteiger partial charge is 0.220 e. The van der Waals surface area contributed by atoms with Crippen LogP contribution >= 0.6 is 0 Å². The highest BCUT2D eigenvalue weighted by Crippen LogP contribution is 2.30. The summed E-state index contributed by atoms with van der Waals surface area (Å²) in [5.41, 5.74) is 0.302. The van der Waals surface area contributed by atoms with E-state index in [0.717, 1.165) is 19.5 Å². The number of hydrogen-bond acceptors (Lipinski definition) is 2. The van der Waals surface area contributed by atoms with Gasteiger partial charge in [0, 0.05) is 19.0 Å². The van der Waals surface area contributed by atoms with Gasteiger partial charge in [-0.3, -0.25) is 4.79 Å². The van der Waals surface area contributed by atoms with Gasteiger partial charge in [-0.1, -0.05) is 33.1 Å². The minimum absolute atomic E-state index is 0.259. The first kappa shape index (κ1) is 14.8. The summed E-state index contributed by atoms with van der Waals surface area (Å²) >= 11 is 0. The molecule has 1 unspecified atom stereocenters. The van der Waals surface area contributed by atoms with Crippen LogP contribution in [0.4, 0.5) is 0 Å². The third-order valence-electron chi connectivity index (χ3n) is 5.03. The van der Waals surface area contributed by atoms with Crippen LogP contribution in [0.3, 0.4) is 0 Å². The van der Waals surface area contributed by atoms with Crippen molar-refractivity contribution in [3.8, 4) is 0 Å². The van der Waals surface area contributed by atoms with Crippen LogP contribution in [0.25, 0.3) is 0 Å². The summed E-state index contributed by atoms with van der Waals surface area (Å²) in [5.74, 6) is 0.899. The van der Waals surface area contributed by atoms with Gasteiger partial charge in [0.25, 0.3) is 0 Å². The summed E-state index contributed by atoms with van der Waals surface area (Å²) in [6.07, 6.45) is 9.74. The van der Waals surface area contributed by atoms with E-state index in [4.69, 9.17) is 0 Å². The van der Waals surface area contributed by atoms with Gasteiger partial charge in [-0.25, -0.2) is 0 Å². The minimum atomic E-state index is 0.259. The average Bonchev–Trinajstić information content (AvgIpc) is 2.38. The third kappa shape index (κ3) is 4.48. The quantitative estimate of drug-likeness (QED) is 0.821. The van der Waals surface area contributed by atoms with Crippen LogP contribution in [0, 0.1) is 11.3 Å². The summed E-state index contributed by atoms with van der Waals surface area (Å²) < 4.78 is 0. The number of nitrogens with one attached hydrogen (secondary N) is 2. The van der Waals surface area contributed by atoms with Gasteiger partial charge in [0.2, 0.25) is 5.91 Å². The van der Waals surface area contributed by atoms with Crippen LogP contribution in [0.1, 0.15) is 65.2 Å². The largest absolute Gasteiger partial charge is 0.355 e. The summed E-state index contributed by atoms with van der Waals surface area (Å²) in [6.45, 7) is 6.49. The van der Waals surface area contributed by atoms with Crippen molar-refractivity contribution >= 4 is 5.91 Å². The van der Waals surface area contributed by atoms with Crippen molar-refractivity contribution in [1.29, 1.82) is 0 Å². The Hall–Kier alpha value is -0.570.